The zero-order chi connectivity index (χ0) is 15.2. The maximum absolute atomic E-state index is 10.9. The molecule has 110 valence electrons. The lowest BCUT2D eigenvalue weighted by atomic mass is 9.71. The lowest BCUT2D eigenvalue weighted by molar-refractivity contribution is -0.384. The third kappa shape index (κ3) is 2.07. The molecule has 2 aromatic rings. The molecular weight excluding hydrogens is 268 g/mol. The Labute approximate surface area is 122 Å². The van der Waals surface area contributed by atoms with Crippen LogP contribution in [-0.2, 0) is 5.41 Å². The van der Waals surface area contributed by atoms with Crippen LogP contribution in [0.4, 0.5) is 11.5 Å². The van der Waals surface area contributed by atoms with Gasteiger partial charge in [-0.3, -0.25) is 10.1 Å². The maximum Gasteiger partial charge on any atom is 0.330 e. The highest BCUT2D eigenvalue weighted by Crippen LogP contribution is 2.44. The fourth-order valence-corrected chi connectivity index (χ4v) is 3.20. The molecule has 0 aliphatic heterocycles. The molecule has 1 aromatic carbocycles. The van der Waals surface area contributed by atoms with Crippen molar-refractivity contribution in [1.29, 1.82) is 0 Å². The molecule has 1 aromatic heterocycles. The molecule has 3 rings (SSSR count). The number of nitrogen functional groups attached to an aromatic ring is 1. The van der Waals surface area contributed by atoms with Gasteiger partial charge in [0, 0.05) is 0 Å². The molecular formula is C15H18N4O2. The average molecular weight is 286 g/mol. The zero-order valence-corrected chi connectivity index (χ0v) is 12.1. The van der Waals surface area contributed by atoms with E-state index in [4.69, 9.17) is 5.73 Å². The minimum absolute atomic E-state index is 0.0390. The second-order valence-corrected chi connectivity index (χ2v) is 6.14. The van der Waals surface area contributed by atoms with E-state index >= 15 is 0 Å². The fraction of sp³-hybridized carbons (Fsp3) is 0.400. The summed E-state index contributed by atoms with van der Waals surface area (Å²) in [6.45, 7) is 4.44. The van der Waals surface area contributed by atoms with Crippen LogP contribution >= 0.6 is 0 Å². The van der Waals surface area contributed by atoms with Crippen LogP contribution in [0.25, 0.3) is 0 Å². The van der Waals surface area contributed by atoms with Gasteiger partial charge in [-0.25, -0.2) is 4.68 Å². The number of benzene rings is 1. The van der Waals surface area contributed by atoms with Gasteiger partial charge in [0.1, 0.15) is 6.20 Å². The Kier molecular flexibility index (Phi) is 2.97. The first-order valence-corrected chi connectivity index (χ1v) is 6.98. The smallest absolute Gasteiger partial charge is 0.330 e. The van der Waals surface area contributed by atoms with Crippen molar-refractivity contribution >= 4 is 11.5 Å². The summed E-state index contributed by atoms with van der Waals surface area (Å²) in [4.78, 5) is 10.5. The van der Waals surface area contributed by atoms with Gasteiger partial charge < -0.3 is 5.73 Å². The second-order valence-electron chi connectivity index (χ2n) is 6.14. The molecule has 0 saturated heterocycles. The fourth-order valence-electron chi connectivity index (χ4n) is 3.20. The number of rotatable bonds is 2. The number of nitrogens with two attached hydrogens (primary N) is 1. The highest BCUT2D eigenvalue weighted by atomic mass is 16.6. The maximum atomic E-state index is 10.9. The quantitative estimate of drug-likeness (QED) is 0.679. The lowest BCUT2D eigenvalue weighted by Gasteiger charge is -2.37. The molecule has 0 bridgehead atoms. The summed E-state index contributed by atoms with van der Waals surface area (Å²) < 4.78 is 1.59. The Bertz CT molecular complexity index is 705. The van der Waals surface area contributed by atoms with Crippen LogP contribution in [0, 0.1) is 10.1 Å². The molecule has 6 nitrogen and oxygen atoms in total. The Morgan fingerprint density at radius 1 is 1.43 bits per heavy atom. The molecule has 1 unspecified atom stereocenters. The van der Waals surface area contributed by atoms with Crippen LogP contribution in [0.3, 0.4) is 0 Å². The SMILES string of the molecule is CC1(C)CCC(n2ncc([N+](=O)[O-])c2N)c2ccccc21. The minimum Gasteiger partial charge on any atom is -0.378 e. The number of fused-ring (bicyclic) bond motifs is 1. The van der Waals surface area contributed by atoms with Crippen LogP contribution in [0.2, 0.25) is 0 Å². The first-order valence-electron chi connectivity index (χ1n) is 6.98. The Hall–Kier alpha value is -2.37. The van der Waals surface area contributed by atoms with Gasteiger partial charge in [0.05, 0.1) is 11.0 Å². The van der Waals surface area contributed by atoms with E-state index in [1.165, 1.54) is 11.8 Å². The summed E-state index contributed by atoms with van der Waals surface area (Å²) in [5.74, 6) is 0.125. The van der Waals surface area contributed by atoms with E-state index in [1.54, 1.807) is 4.68 Å². The largest absolute Gasteiger partial charge is 0.378 e. The van der Waals surface area contributed by atoms with Crippen molar-refractivity contribution < 1.29 is 4.92 Å². The van der Waals surface area contributed by atoms with Crippen molar-refractivity contribution in [2.24, 2.45) is 0 Å². The second kappa shape index (κ2) is 4.58. The molecule has 1 aliphatic rings. The van der Waals surface area contributed by atoms with E-state index < -0.39 is 4.92 Å². The van der Waals surface area contributed by atoms with Gasteiger partial charge in [-0.05, 0) is 29.4 Å². The van der Waals surface area contributed by atoms with Crippen molar-refractivity contribution in [3.63, 3.8) is 0 Å². The predicted molar refractivity (Wildman–Crippen MR) is 80.1 cm³/mol. The van der Waals surface area contributed by atoms with Crippen molar-refractivity contribution in [3.8, 4) is 0 Å². The molecule has 0 radical (unpaired) electrons. The van der Waals surface area contributed by atoms with Gasteiger partial charge in [0.2, 0.25) is 5.82 Å². The predicted octanol–water partition coefficient (Wildman–Crippen LogP) is 3.03. The van der Waals surface area contributed by atoms with Crippen LogP contribution < -0.4 is 5.73 Å². The van der Waals surface area contributed by atoms with Crippen molar-refractivity contribution in [2.75, 3.05) is 5.73 Å². The van der Waals surface area contributed by atoms with E-state index in [0.717, 1.165) is 18.4 Å². The van der Waals surface area contributed by atoms with Gasteiger partial charge in [-0.15, -0.1) is 0 Å². The van der Waals surface area contributed by atoms with Crippen molar-refractivity contribution in [3.05, 3.63) is 51.7 Å². The highest BCUT2D eigenvalue weighted by Gasteiger charge is 2.35. The molecule has 0 spiro atoms. The Morgan fingerprint density at radius 3 is 2.81 bits per heavy atom. The summed E-state index contributed by atoms with van der Waals surface area (Å²) >= 11 is 0. The van der Waals surface area contributed by atoms with E-state index in [-0.39, 0.29) is 23.0 Å². The zero-order valence-electron chi connectivity index (χ0n) is 12.1. The van der Waals surface area contributed by atoms with Gasteiger partial charge in [0.25, 0.3) is 0 Å². The van der Waals surface area contributed by atoms with E-state index in [0.29, 0.717) is 0 Å². The molecule has 1 aliphatic carbocycles. The minimum atomic E-state index is -0.489. The van der Waals surface area contributed by atoms with Gasteiger partial charge in [-0.1, -0.05) is 38.1 Å². The van der Waals surface area contributed by atoms with Crippen LogP contribution in [0.5, 0.6) is 0 Å². The number of hydrogen-bond acceptors (Lipinski definition) is 4. The van der Waals surface area contributed by atoms with Crippen LogP contribution in [0.1, 0.15) is 43.9 Å². The van der Waals surface area contributed by atoms with Crippen molar-refractivity contribution in [2.45, 2.75) is 38.1 Å². The molecule has 1 heterocycles. The monoisotopic (exact) mass is 286 g/mol. The van der Waals surface area contributed by atoms with E-state index in [9.17, 15) is 10.1 Å². The summed E-state index contributed by atoms with van der Waals surface area (Å²) in [7, 11) is 0. The molecule has 0 fully saturated rings. The van der Waals surface area contributed by atoms with Crippen LogP contribution in [0.15, 0.2) is 30.5 Å². The molecule has 21 heavy (non-hydrogen) atoms. The normalized spacial score (nSPS) is 20.0. The third-order valence-electron chi connectivity index (χ3n) is 4.40. The summed E-state index contributed by atoms with van der Waals surface area (Å²) in [6, 6.07) is 8.16. The molecule has 0 amide bonds. The standard InChI is InChI=1S/C15H18N4O2/c1-15(2)8-7-12(10-5-3-4-6-11(10)15)18-14(16)13(9-17-18)19(20)21/h3-6,9,12H,7-8,16H2,1-2H3. The van der Waals surface area contributed by atoms with Crippen LogP contribution in [-0.4, -0.2) is 14.7 Å². The summed E-state index contributed by atoms with van der Waals surface area (Å²) in [5.41, 5.74) is 8.30. The van der Waals surface area contributed by atoms with Gasteiger partial charge >= 0.3 is 5.69 Å². The van der Waals surface area contributed by atoms with Crippen molar-refractivity contribution in [1.82, 2.24) is 9.78 Å². The topological polar surface area (TPSA) is 87.0 Å². The third-order valence-corrected chi connectivity index (χ3v) is 4.40. The summed E-state index contributed by atoms with van der Waals surface area (Å²) in [5, 5.41) is 15.1. The van der Waals surface area contributed by atoms with Gasteiger partial charge in [0.15, 0.2) is 0 Å². The average Bonchev–Trinajstić information content (AvgIpc) is 2.81. The summed E-state index contributed by atoms with van der Waals surface area (Å²) in [6.07, 6.45) is 3.09. The molecule has 6 heteroatoms. The first-order chi connectivity index (χ1) is 9.92. The number of nitro groups is 1. The number of aromatic nitrogens is 2. The van der Waals surface area contributed by atoms with E-state index in [2.05, 4.69) is 31.1 Å². The highest BCUT2D eigenvalue weighted by molar-refractivity contribution is 5.53. The molecule has 2 N–H and O–H groups in total. The van der Waals surface area contributed by atoms with E-state index in [1.807, 2.05) is 12.1 Å². The Morgan fingerprint density at radius 2 is 2.14 bits per heavy atom. The molecule has 1 atom stereocenters. The number of anilines is 1. The van der Waals surface area contributed by atoms with Gasteiger partial charge in [-0.2, -0.15) is 5.10 Å². The lowest BCUT2D eigenvalue weighted by Crippen LogP contribution is -2.29. The molecule has 0 saturated carbocycles. The Balaban J connectivity index is 2.11. The number of nitrogens with zero attached hydrogens (tertiary/aromatic N) is 3. The number of hydrogen-bond donors (Lipinski definition) is 1. The first kappa shape index (κ1) is 13.6.